The summed E-state index contributed by atoms with van der Waals surface area (Å²) in [6.07, 6.45) is 4.78. The minimum absolute atomic E-state index is 0.0721. The normalized spacial score (nSPS) is 20.7. The molecule has 2 fully saturated rings. The molecule has 0 radical (unpaired) electrons. The van der Waals surface area contributed by atoms with Gasteiger partial charge in [-0.2, -0.15) is 4.31 Å². The fourth-order valence-electron chi connectivity index (χ4n) is 4.64. The van der Waals surface area contributed by atoms with Gasteiger partial charge in [-0.1, -0.05) is 43.4 Å². The van der Waals surface area contributed by atoms with Crippen molar-refractivity contribution in [3.8, 4) is 0 Å². The third-order valence-electron chi connectivity index (χ3n) is 6.30. The second-order valence-corrected chi connectivity index (χ2v) is 10.4. The molecule has 4 rings (SSSR count). The second kappa shape index (κ2) is 9.11. The van der Waals surface area contributed by atoms with E-state index in [2.05, 4.69) is 0 Å². The van der Waals surface area contributed by atoms with Crippen LogP contribution in [0.4, 0.5) is 10.1 Å². The molecule has 1 aliphatic heterocycles. The summed E-state index contributed by atoms with van der Waals surface area (Å²) in [5.74, 6) is -1.49. The number of nitrogens with zero attached hydrogens (tertiary/aromatic N) is 2. The van der Waals surface area contributed by atoms with Gasteiger partial charge in [0.05, 0.1) is 17.0 Å². The van der Waals surface area contributed by atoms with E-state index in [0.717, 1.165) is 48.3 Å². The van der Waals surface area contributed by atoms with E-state index in [9.17, 15) is 22.4 Å². The number of anilines is 1. The van der Waals surface area contributed by atoms with Crippen LogP contribution in [0.25, 0.3) is 0 Å². The summed E-state index contributed by atoms with van der Waals surface area (Å²) in [6.45, 7) is 1.91. The number of sulfonamides is 1. The summed E-state index contributed by atoms with van der Waals surface area (Å²) in [5, 5.41) is 0. The number of hydrogen-bond acceptors (Lipinski definition) is 4. The predicted molar refractivity (Wildman–Crippen MR) is 119 cm³/mol. The van der Waals surface area contributed by atoms with Crippen LogP contribution in [0.3, 0.4) is 0 Å². The van der Waals surface area contributed by atoms with Crippen LogP contribution < -0.4 is 4.90 Å². The maximum Gasteiger partial charge on any atom is 0.252 e. The van der Waals surface area contributed by atoms with Gasteiger partial charge in [0.1, 0.15) is 11.9 Å². The highest BCUT2D eigenvalue weighted by Crippen LogP contribution is 2.34. The van der Waals surface area contributed by atoms with Gasteiger partial charge >= 0.3 is 0 Å². The molecule has 0 aromatic heterocycles. The maximum atomic E-state index is 13.7. The van der Waals surface area contributed by atoms with Crippen molar-refractivity contribution in [1.29, 1.82) is 0 Å². The molecule has 1 heterocycles. The van der Waals surface area contributed by atoms with Gasteiger partial charge in [0.2, 0.25) is 15.9 Å². The van der Waals surface area contributed by atoms with Crippen LogP contribution in [0.1, 0.15) is 50.5 Å². The first-order valence-electron chi connectivity index (χ1n) is 11.0. The monoisotopic (exact) mass is 458 g/mol. The number of rotatable bonds is 5. The van der Waals surface area contributed by atoms with Crippen molar-refractivity contribution in [1.82, 2.24) is 4.31 Å². The number of imide groups is 1. The largest absolute Gasteiger partial charge is 0.274 e. The van der Waals surface area contributed by atoms with Gasteiger partial charge in [0, 0.05) is 6.04 Å². The molecule has 1 saturated carbocycles. The number of aryl methyl sites for hydroxylation is 1. The Morgan fingerprint density at radius 3 is 2.09 bits per heavy atom. The van der Waals surface area contributed by atoms with Crippen LogP contribution in [0.15, 0.2) is 53.4 Å². The fourth-order valence-corrected chi connectivity index (χ4v) is 6.47. The number of hydrogen-bond donors (Lipinski definition) is 0. The van der Waals surface area contributed by atoms with Crippen molar-refractivity contribution >= 4 is 27.5 Å². The van der Waals surface area contributed by atoms with Crippen LogP contribution in [0.5, 0.6) is 0 Å². The molecule has 0 bridgehead atoms. The molecule has 0 N–H and O–H groups in total. The minimum Gasteiger partial charge on any atom is -0.274 e. The highest BCUT2D eigenvalue weighted by molar-refractivity contribution is 7.89. The molecule has 2 aromatic carbocycles. The van der Waals surface area contributed by atoms with Crippen LogP contribution in [-0.2, 0) is 19.6 Å². The lowest BCUT2D eigenvalue weighted by Gasteiger charge is -2.33. The Balaban J connectivity index is 1.74. The third kappa shape index (κ3) is 4.34. The van der Waals surface area contributed by atoms with Crippen LogP contribution in [-0.4, -0.2) is 36.6 Å². The second-order valence-electron chi connectivity index (χ2n) is 8.56. The lowest BCUT2D eigenvalue weighted by molar-refractivity contribution is -0.122. The molecular weight excluding hydrogens is 431 g/mol. The molecule has 1 atom stereocenters. The lowest BCUT2D eigenvalue weighted by Crippen LogP contribution is -2.50. The van der Waals surface area contributed by atoms with Crippen molar-refractivity contribution in [3.05, 3.63) is 59.9 Å². The highest BCUT2D eigenvalue weighted by Gasteiger charge is 2.49. The Morgan fingerprint density at radius 1 is 0.906 bits per heavy atom. The van der Waals surface area contributed by atoms with Crippen molar-refractivity contribution in [3.63, 3.8) is 0 Å². The van der Waals surface area contributed by atoms with Crippen LogP contribution in [0, 0.1) is 12.7 Å². The molecule has 32 heavy (non-hydrogen) atoms. The quantitative estimate of drug-likeness (QED) is 0.498. The van der Waals surface area contributed by atoms with E-state index in [0.29, 0.717) is 18.5 Å². The summed E-state index contributed by atoms with van der Waals surface area (Å²) in [4.78, 5) is 27.3. The number of carbonyl (C=O) groups is 2. The molecule has 1 saturated heterocycles. The molecule has 2 amide bonds. The van der Waals surface area contributed by atoms with Gasteiger partial charge in [-0.25, -0.2) is 17.7 Å². The van der Waals surface area contributed by atoms with E-state index in [1.807, 2.05) is 19.1 Å². The molecule has 0 spiro atoms. The van der Waals surface area contributed by atoms with Gasteiger partial charge in [-0.3, -0.25) is 9.59 Å². The van der Waals surface area contributed by atoms with Gasteiger partial charge in [0.25, 0.3) is 5.91 Å². The predicted octanol–water partition coefficient (Wildman–Crippen LogP) is 4.18. The Labute approximate surface area is 188 Å². The Hall–Kier alpha value is -2.58. The summed E-state index contributed by atoms with van der Waals surface area (Å²) in [7, 11) is -4.12. The molecule has 170 valence electrons. The average Bonchev–Trinajstić information content (AvgIpc) is 2.93. The number of halogens is 1. The van der Waals surface area contributed by atoms with Gasteiger partial charge in [0.15, 0.2) is 0 Å². The SMILES string of the molecule is Cc1ccc(N2C(=O)CC(N(C3CCCCCC3)S(=O)(=O)c3ccc(F)cc3)C2=O)cc1. The number of benzene rings is 2. The average molecular weight is 459 g/mol. The van der Waals surface area contributed by atoms with E-state index < -0.39 is 33.7 Å². The number of amides is 2. The molecular formula is C24H27FN2O4S. The zero-order valence-corrected chi connectivity index (χ0v) is 18.9. The van der Waals surface area contributed by atoms with Crippen molar-refractivity contribution in [2.45, 2.75) is 68.8 Å². The maximum absolute atomic E-state index is 13.7. The van der Waals surface area contributed by atoms with Gasteiger partial charge in [-0.15, -0.1) is 0 Å². The molecule has 6 nitrogen and oxygen atoms in total. The first kappa shape index (κ1) is 22.6. The van der Waals surface area contributed by atoms with E-state index in [-0.39, 0.29) is 17.4 Å². The third-order valence-corrected chi connectivity index (χ3v) is 8.27. The molecule has 1 unspecified atom stereocenters. The molecule has 8 heteroatoms. The first-order chi connectivity index (χ1) is 15.3. The Bertz CT molecular complexity index is 1090. The zero-order valence-electron chi connectivity index (χ0n) is 18.0. The summed E-state index contributed by atoms with van der Waals surface area (Å²) in [5.41, 5.74) is 1.43. The minimum atomic E-state index is -4.12. The zero-order chi connectivity index (χ0) is 22.9. The summed E-state index contributed by atoms with van der Waals surface area (Å²) < 4.78 is 42.1. The fraction of sp³-hybridized carbons (Fsp3) is 0.417. The summed E-state index contributed by atoms with van der Waals surface area (Å²) in [6, 6.07) is 10.1. The van der Waals surface area contributed by atoms with Crippen LogP contribution in [0.2, 0.25) is 0 Å². The summed E-state index contributed by atoms with van der Waals surface area (Å²) >= 11 is 0. The molecule has 1 aliphatic carbocycles. The smallest absolute Gasteiger partial charge is 0.252 e. The standard InChI is InChI=1S/C24H27FN2O4S/c1-17-8-12-19(13-9-17)26-23(28)16-22(24(26)29)27(20-6-4-2-3-5-7-20)32(30,31)21-14-10-18(25)11-15-21/h8-15,20,22H,2-7,16H2,1H3. The Kier molecular flexibility index (Phi) is 6.44. The van der Waals surface area contributed by atoms with Crippen molar-refractivity contribution < 1.29 is 22.4 Å². The highest BCUT2D eigenvalue weighted by atomic mass is 32.2. The first-order valence-corrected chi connectivity index (χ1v) is 12.5. The Morgan fingerprint density at radius 2 is 1.50 bits per heavy atom. The topological polar surface area (TPSA) is 74.8 Å². The van der Waals surface area contributed by atoms with Crippen molar-refractivity contribution in [2.24, 2.45) is 0 Å². The van der Waals surface area contributed by atoms with E-state index >= 15 is 0 Å². The lowest BCUT2D eigenvalue weighted by atomic mass is 10.1. The van der Waals surface area contributed by atoms with Gasteiger partial charge < -0.3 is 0 Å². The molecule has 2 aliphatic rings. The van der Waals surface area contributed by atoms with Gasteiger partial charge in [-0.05, 0) is 56.2 Å². The van der Waals surface area contributed by atoms with Crippen LogP contribution >= 0.6 is 0 Å². The van der Waals surface area contributed by atoms with E-state index in [1.165, 1.54) is 16.4 Å². The van der Waals surface area contributed by atoms with E-state index in [1.54, 1.807) is 12.1 Å². The van der Waals surface area contributed by atoms with E-state index in [4.69, 9.17) is 0 Å². The van der Waals surface area contributed by atoms with Crippen molar-refractivity contribution in [2.75, 3.05) is 4.90 Å². The molecule has 2 aromatic rings. The number of carbonyl (C=O) groups excluding carboxylic acids is 2.